The van der Waals surface area contributed by atoms with Crippen molar-refractivity contribution >= 4 is 11.9 Å². The van der Waals surface area contributed by atoms with E-state index < -0.39 is 0 Å². The van der Waals surface area contributed by atoms with Gasteiger partial charge in [0.05, 0.1) is 26.3 Å². The van der Waals surface area contributed by atoms with Crippen molar-refractivity contribution in [1.29, 1.82) is 0 Å². The largest absolute Gasteiger partial charge is 0.469 e. The number of benzene rings is 1. The summed E-state index contributed by atoms with van der Waals surface area (Å²) in [5.74, 6) is 0.366. The number of rotatable bonds is 8. The summed E-state index contributed by atoms with van der Waals surface area (Å²) in [6.07, 6.45) is 2.81. The SMILES string of the molecule is COC(=O)CCN(Cc1ccco1)C(=O)CCc1ccc(C)cc1. The van der Waals surface area contributed by atoms with Gasteiger partial charge in [-0.3, -0.25) is 9.59 Å². The first kappa shape index (κ1) is 17.8. The van der Waals surface area contributed by atoms with Crippen LogP contribution in [0.25, 0.3) is 0 Å². The number of nitrogens with zero attached hydrogens (tertiary/aromatic N) is 1. The summed E-state index contributed by atoms with van der Waals surface area (Å²) in [7, 11) is 1.35. The lowest BCUT2D eigenvalue weighted by Gasteiger charge is -2.21. The van der Waals surface area contributed by atoms with Crippen molar-refractivity contribution in [2.75, 3.05) is 13.7 Å². The Kier molecular flexibility index (Phi) is 6.61. The van der Waals surface area contributed by atoms with E-state index in [2.05, 4.69) is 4.74 Å². The average Bonchev–Trinajstić information content (AvgIpc) is 3.10. The molecule has 0 fully saturated rings. The monoisotopic (exact) mass is 329 g/mol. The topological polar surface area (TPSA) is 59.8 Å². The molecule has 24 heavy (non-hydrogen) atoms. The molecule has 2 rings (SSSR count). The molecule has 1 aromatic heterocycles. The molecule has 1 heterocycles. The predicted molar refractivity (Wildman–Crippen MR) is 90.3 cm³/mol. The molecule has 0 N–H and O–H groups in total. The number of furan rings is 1. The average molecular weight is 329 g/mol. The number of methoxy groups -OCH3 is 1. The fourth-order valence-corrected chi connectivity index (χ4v) is 2.38. The number of amides is 1. The summed E-state index contributed by atoms with van der Waals surface area (Å²) in [6, 6.07) is 11.8. The Hall–Kier alpha value is -2.56. The molecule has 0 bridgehead atoms. The fourth-order valence-electron chi connectivity index (χ4n) is 2.38. The van der Waals surface area contributed by atoms with Gasteiger partial charge in [0.15, 0.2) is 0 Å². The minimum absolute atomic E-state index is 0.00382. The van der Waals surface area contributed by atoms with E-state index in [4.69, 9.17) is 4.42 Å². The molecule has 0 radical (unpaired) electrons. The van der Waals surface area contributed by atoms with Crippen molar-refractivity contribution in [3.8, 4) is 0 Å². The van der Waals surface area contributed by atoms with Crippen LogP contribution in [0.4, 0.5) is 0 Å². The van der Waals surface area contributed by atoms with Gasteiger partial charge in [0.2, 0.25) is 5.91 Å². The molecule has 2 aromatic rings. The normalized spacial score (nSPS) is 10.4. The Bertz CT molecular complexity index is 647. The highest BCUT2D eigenvalue weighted by molar-refractivity contribution is 5.77. The molecule has 0 aliphatic carbocycles. The van der Waals surface area contributed by atoms with Crippen LogP contribution < -0.4 is 0 Å². The van der Waals surface area contributed by atoms with Gasteiger partial charge in [-0.15, -0.1) is 0 Å². The van der Waals surface area contributed by atoms with E-state index in [1.807, 2.05) is 37.3 Å². The molecular formula is C19H23NO4. The zero-order valence-corrected chi connectivity index (χ0v) is 14.2. The van der Waals surface area contributed by atoms with Crippen molar-refractivity contribution < 1.29 is 18.7 Å². The van der Waals surface area contributed by atoms with E-state index in [-0.39, 0.29) is 18.3 Å². The molecule has 0 saturated heterocycles. The van der Waals surface area contributed by atoms with Gasteiger partial charge >= 0.3 is 5.97 Å². The van der Waals surface area contributed by atoms with Gasteiger partial charge in [0, 0.05) is 13.0 Å². The third-order valence-electron chi connectivity index (χ3n) is 3.84. The number of carbonyl (C=O) groups excluding carboxylic acids is 2. The van der Waals surface area contributed by atoms with Crippen LogP contribution in [0.15, 0.2) is 47.1 Å². The third-order valence-corrected chi connectivity index (χ3v) is 3.84. The number of esters is 1. The Labute approximate surface area is 142 Å². The third kappa shape index (κ3) is 5.57. The second kappa shape index (κ2) is 8.91. The summed E-state index contributed by atoms with van der Waals surface area (Å²) in [6.45, 7) is 2.71. The minimum atomic E-state index is -0.328. The summed E-state index contributed by atoms with van der Waals surface area (Å²) in [5.41, 5.74) is 2.32. The number of ether oxygens (including phenoxy) is 1. The molecule has 0 spiro atoms. The van der Waals surface area contributed by atoms with Gasteiger partial charge < -0.3 is 14.1 Å². The fraction of sp³-hybridized carbons (Fsp3) is 0.368. The van der Waals surface area contributed by atoms with Crippen molar-refractivity contribution in [1.82, 2.24) is 4.90 Å². The Morgan fingerprint density at radius 2 is 1.88 bits per heavy atom. The molecule has 0 atom stereocenters. The van der Waals surface area contributed by atoms with Crippen LogP contribution in [0.3, 0.4) is 0 Å². The maximum atomic E-state index is 12.5. The Morgan fingerprint density at radius 1 is 1.12 bits per heavy atom. The molecule has 5 heteroatoms. The Balaban J connectivity index is 1.94. The van der Waals surface area contributed by atoms with Gasteiger partial charge in [-0.05, 0) is 31.0 Å². The number of hydrogen-bond acceptors (Lipinski definition) is 4. The zero-order valence-electron chi connectivity index (χ0n) is 14.2. The van der Waals surface area contributed by atoms with Gasteiger partial charge in [0.25, 0.3) is 0 Å². The molecule has 128 valence electrons. The highest BCUT2D eigenvalue weighted by Gasteiger charge is 2.17. The van der Waals surface area contributed by atoms with E-state index in [1.165, 1.54) is 12.7 Å². The van der Waals surface area contributed by atoms with Crippen LogP contribution in [-0.2, 0) is 27.3 Å². The van der Waals surface area contributed by atoms with Crippen molar-refractivity contribution in [2.45, 2.75) is 32.7 Å². The van der Waals surface area contributed by atoms with Crippen LogP contribution in [0.5, 0.6) is 0 Å². The summed E-state index contributed by atoms with van der Waals surface area (Å²) in [5, 5.41) is 0. The molecule has 1 amide bonds. The number of hydrogen-bond donors (Lipinski definition) is 0. The summed E-state index contributed by atoms with van der Waals surface area (Å²) < 4.78 is 9.97. The maximum absolute atomic E-state index is 12.5. The van der Waals surface area contributed by atoms with E-state index in [9.17, 15) is 9.59 Å². The second-order valence-corrected chi connectivity index (χ2v) is 5.71. The lowest BCUT2D eigenvalue weighted by Crippen LogP contribution is -2.32. The van der Waals surface area contributed by atoms with E-state index in [1.54, 1.807) is 17.2 Å². The van der Waals surface area contributed by atoms with E-state index in [0.717, 1.165) is 5.56 Å². The van der Waals surface area contributed by atoms with Crippen molar-refractivity contribution in [3.63, 3.8) is 0 Å². The van der Waals surface area contributed by atoms with Crippen LogP contribution in [0, 0.1) is 6.92 Å². The molecule has 0 saturated carbocycles. The van der Waals surface area contributed by atoms with Gasteiger partial charge in [-0.25, -0.2) is 0 Å². The lowest BCUT2D eigenvalue weighted by atomic mass is 10.1. The molecule has 0 aliphatic heterocycles. The highest BCUT2D eigenvalue weighted by Crippen LogP contribution is 2.11. The minimum Gasteiger partial charge on any atom is -0.469 e. The first-order chi connectivity index (χ1) is 11.6. The molecule has 0 unspecified atom stereocenters. The molecular weight excluding hydrogens is 306 g/mol. The van der Waals surface area contributed by atoms with Gasteiger partial charge in [0.1, 0.15) is 5.76 Å². The van der Waals surface area contributed by atoms with E-state index in [0.29, 0.717) is 31.7 Å². The standard InChI is InChI=1S/C19H23NO4/c1-15-5-7-16(8-6-15)9-10-18(21)20(12-11-19(22)23-2)14-17-4-3-13-24-17/h3-8,13H,9-12,14H2,1-2H3. The Morgan fingerprint density at radius 3 is 2.50 bits per heavy atom. The first-order valence-corrected chi connectivity index (χ1v) is 8.01. The molecule has 1 aromatic carbocycles. The van der Waals surface area contributed by atoms with Crippen LogP contribution in [-0.4, -0.2) is 30.4 Å². The quantitative estimate of drug-likeness (QED) is 0.698. The molecule has 0 aliphatic rings. The highest BCUT2D eigenvalue weighted by atomic mass is 16.5. The van der Waals surface area contributed by atoms with Crippen molar-refractivity contribution in [2.24, 2.45) is 0 Å². The van der Waals surface area contributed by atoms with E-state index >= 15 is 0 Å². The maximum Gasteiger partial charge on any atom is 0.307 e. The van der Waals surface area contributed by atoms with Crippen LogP contribution >= 0.6 is 0 Å². The van der Waals surface area contributed by atoms with Crippen LogP contribution in [0.1, 0.15) is 29.7 Å². The van der Waals surface area contributed by atoms with Crippen molar-refractivity contribution in [3.05, 3.63) is 59.5 Å². The smallest absolute Gasteiger partial charge is 0.307 e. The van der Waals surface area contributed by atoms with Gasteiger partial charge in [-0.2, -0.15) is 0 Å². The summed E-state index contributed by atoms with van der Waals surface area (Å²) >= 11 is 0. The summed E-state index contributed by atoms with van der Waals surface area (Å²) in [4.78, 5) is 25.6. The second-order valence-electron chi connectivity index (χ2n) is 5.71. The predicted octanol–water partition coefficient (Wildman–Crippen LogP) is 3.11. The number of carbonyl (C=O) groups is 2. The van der Waals surface area contributed by atoms with Crippen LogP contribution in [0.2, 0.25) is 0 Å². The lowest BCUT2D eigenvalue weighted by molar-refractivity contribution is -0.142. The first-order valence-electron chi connectivity index (χ1n) is 8.01. The zero-order chi connectivity index (χ0) is 17.4. The number of aryl methyl sites for hydroxylation is 2. The van der Waals surface area contributed by atoms with Gasteiger partial charge in [-0.1, -0.05) is 29.8 Å². The molecule has 5 nitrogen and oxygen atoms in total.